The predicted octanol–water partition coefficient (Wildman–Crippen LogP) is 1.79. The highest BCUT2D eigenvalue weighted by atomic mass is 32.1. The number of rotatable bonds is 5. The molecule has 0 unspecified atom stereocenters. The molecule has 2 amide bonds. The van der Waals surface area contributed by atoms with Gasteiger partial charge in [0, 0.05) is 22.4 Å². The summed E-state index contributed by atoms with van der Waals surface area (Å²) in [6, 6.07) is 5.30. The van der Waals surface area contributed by atoms with E-state index in [4.69, 9.17) is 0 Å². The van der Waals surface area contributed by atoms with E-state index in [1.165, 1.54) is 22.7 Å². The van der Waals surface area contributed by atoms with Crippen LogP contribution in [0.25, 0.3) is 0 Å². The topological polar surface area (TPSA) is 75.3 Å². The van der Waals surface area contributed by atoms with Gasteiger partial charge in [0.15, 0.2) is 0 Å². The molecule has 21 heavy (non-hydrogen) atoms. The lowest BCUT2D eigenvalue weighted by Crippen LogP contribution is -2.39. The average molecular weight is 322 g/mol. The van der Waals surface area contributed by atoms with Crippen LogP contribution in [0.1, 0.15) is 27.0 Å². The Hall–Kier alpha value is -1.99. The van der Waals surface area contributed by atoms with Gasteiger partial charge in [-0.25, -0.2) is 0 Å². The number of thiophene rings is 2. The molecule has 0 bridgehead atoms. The zero-order valence-electron chi connectivity index (χ0n) is 11.3. The molecular weight excluding hydrogens is 308 g/mol. The lowest BCUT2D eigenvalue weighted by molar-refractivity contribution is -0.139. The highest BCUT2D eigenvalue weighted by molar-refractivity contribution is 7.14. The molecule has 0 aliphatic carbocycles. The molecular formula is C14H14N2O3S2. The summed E-state index contributed by atoms with van der Waals surface area (Å²) in [4.78, 5) is 36.3. The smallest absolute Gasteiger partial charge is 0.309 e. The van der Waals surface area contributed by atoms with Crippen molar-refractivity contribution in [2.24, 2.45) is 0 Å². The third-order valence-corrected chi connectivity index (χ3v) is 4.40. The molecule has 2 aromatic rings. The first-order valence-electron chi connectivity index (χ1n) is 6.33. The van der Waals surface area contributed by atoms with Gasteiger partial charge in [-0.3, -0.25) is 14.4 Å². The van der Waals surface area contributed by atoms with E-state index in [0.29, 0.717) is 17.0 Å². The van der Waals surface area contributed by atoms with E-state index in [2.05, 4.69) is 10.6 Å². The van der Waals surface area contributed by atoms with Crippen molar-refractivity contribution >= 4 is 40.3 Å². The second kappa shape index (κ2) is 7.14. The normalized spacial score (nSPS) is 10.1. The quantitative estimate of drug-likeness (QED) is 0.651. The molecule has 2 N–H and O–H groups in total. The summed E-state index contributed by atoms with van der Waals surface area (Å²) in [6.45, 7) is 2.38. The number of ketones is 1. The van der Waals surface area contributed by atoms with Crippen molar-refractivity contribution in [2.75, 3.05) is 6.54 Å². The van der Waals surface area contributed by atoms with E-state index in [1.807, 2.05) is 5.38 Å². The van der Waals surface area contributed by atoms with Crippen molar-refractivity contribution < 1.29 is 14.4 Å². The predicted molar refractivity (Wildman–Crippen MR) is 82.6 cm³/mol. The molecule has 2 aromatic heterocycles. The minimum absolute atomic E-state index is 0.0254. The summed E-state index contributed by atoms with van der Waals surface area (Å²) in [5.74, 6) is -1.35. The number of carbonyl (C=O) groups excluding carboxylic acids is 3. The van der Waals surface area contributed by atoms with Crippen LogP contribution in [0.3, 0.4) is 0 Å². The Morgan fingerprint density at radius 2 is 1.86 bits per heavy atom. The largest absolute Gasteiger partial charge is 0.348 e. The van der Waals surface area contributed by atoms with Gasteiger partial charge in [0.2, 0.25) is 5.78 Å². The number of nitrogens with one attached hydrogen (secondary N) is 2. The monoisotopic (exact) mass is 322 g/mol. The van der Waals surface area contributed by atoms with Crippen LogP contribution in [-0.4, -0.2) is 24.1 Å². The van der Waals surface area contributed by atoms with Crippen LogP contribution in [0.2, 0.25) is 0 Å². The van der Waals surface area contributed by atoms with Gasteiger partial charge in [0.25, 0.3) is 0 Å². The molecule has 0 fully saturated rings. The molecule has 0 aliphatic rings. The van der Waals surface area contributed by atoms with Crippen LogP contribution in [-0.2, 0) is 16.1 Å². The van der Waals surface area contributed by atoms with Gasteiger partial charge < -0.3 is 10.6 Å². The summed E-state index contributed by atoms with van der Waals surface area (Å²) in [5, 5.41) is 8.60. The fourth-order valence-electron chi connectivity index (χ4n) is 1.62. The lowest BCUT2D eigenvalue weighted by atomic mass is 10.2. The highest BCUT2D eigenvalue weighted by Gasteiger charge is 2.14. The lowest BCUT2D eigenvalue weighted by Gasteiger charge is -2.03. The maximum atomic E-state index is 12.1. The van der Waals surface area contributed by atoms with Gasteiger partial charge in [-0.05, 0) is 30.5 Å². The van der Waals surface area contributed by atoms with Crippen molar-refractivity contribution in [3.8, 4) is 0 Å². The maximum Gasteiger partial charge on any atom is 0.309 e. The van der Waals surface area contributed by atoms with Gasteiger partial charge in [-0.15, -0.1) is 11.3 Å². The van der Waals surface area contributed by atoms with Crippen LogP contribution < -0.4 is 10.6 Å². The van der Waals surface area contributed by atoms with Gasteiger partial charge in [0.05, 0.1) is 11.4 Å². The number of carbonyl (C=O) groups is 3. The Kier molecular flexibility index (Phi) is 5.24. The molecule has 0 spiro atoms. The average Bonchev–Trinajstić information content (AvgIpc) is 3.15. The maximum absolute atomic E-state index is 12.1. The van der Waals surface area contributed by atoms with Gasteiger partial charge in [-0.1, -0.05) is 0 Å². The second-order valence-electron chi connectivity index (χ2n) is 4.15. The van der Waals surface area contributed by atoms with Crippen molar-refractivity contribution in [1.82, 2.24) is 10.6 Å². The van der Waals surface area contributed by atoms with E-state index in [-0.39, 0.29) is 12.3 Å². The fraction of sp³-hybridized carbons (Fsp3) is 0.214. The molecule has 0 saturated heterocycles. The zero-order valence-corrected chi connectivity index (χ0v) is 13.0. The number of hydrogen-bond donors (Lipinski definition) is 2. The summed E-state index contributed by atoms with van der Waals surface area (Å²) in [5.41, 5.74) is 0.666. The van der Waals surface area contributed by atoms with E-state index in [9.17, 15) is 14.4 Å². The Morgan fingerprint density at radius 3 is 2.52 bits per heavy atom. The van der Waals surface area contributed by atoms with E-state index in [1.54, 1.807) is 30.5 Å². The van der Waals surface area contributed by atoms with E-state index < -0.39 is 11.8 Å². The molecule has 0 aliphatic heterocycles. The van der Waals surface area contributed by atoms with Gasteiger partial charge >= 0.3 is 11.8 Å². The van der Waals surface area contributed by atoms with Gasteiger partial charge in [-0.2, -0.15) is 11.3 Å². The van der Waals surface area contributed by atoms with Crippen LogP contribution >= 0.6 is 22.7 Å². The van der Waals surface area contributed by atoms with Crippen LogP contribution in [0, 0.1) is 0 Å². The van der Waals surface area contributed by atoms with Crippen LogP contribution in [0.4, 0.5) is 0 Å². The molecule has 2 heterocycles. The minimum Gasteiger partial charge on any atom is -0.348 e. The minimum atomic E-state index is -0.670. The fourth-order valence-corrected chi connectivity index (χ4v) is 3.16. The summed E-state index contributed by atoms with van der Waals surface area (Å²) in [7, 11) is 0. The van der Waals surface area contributed by atoms with E-state index in [0.717, 1.165) is 4.88 Å². The standard InChI is InChI=1S/C14H14N2O3S2/c1-2-15-13(18)14(19)16-7-10-3-4-11(21-10)12(17)9-5-6-20-8-9/h3-6,8H,2,7H2,1H3,(H,15,18)(H,16,19). The Labute approximate surface area is 130 Å². The SMILES string of the molecule is CCNC(=O)C(=O)NCc1ccc(C(=O)c2ccsc2)s1. The molecule has 7 heteroatoms. The summed E-state index contributed by atoms with van der Waals surface area (Å²) < 4.78 is 0. The highest BCUT2D eigenvalue weighted by Crippen LogP contribution is 2.21. The van der Waals surface area contributed by atoms with Crippen molar-refractivity contribution in [1.29, 1.82) is 0 Å². The Morgan fingerprint density at radius 1 is 1.10 bits per heavy atom. The molecule has 110 valence electrons. The third kappa shape index (κ3) is 3.99. The first-order chi connectivity index (χ1) is 10.1. The Bertz CT molecular complexity index is 647. The molecule has 0 aromatic carbocycles. The summed E-state index contributed by atoms with van der Waals surface area (Å²) in [6.07, 6.45) is 0. The number of amides is 2. The second-order valence-corrected chi connectivity index (χ2v) is 6.10. The van der Waals surface area contributed by atoms with Crippen LogP contribution in [0.5, 0.6) is 0 Å². The number of likely N-dealkylation sites (N-methyl/N-ethyl adjacent to an activating group) is 1. The first-order valence-corrected chi connectivity index (χ1v) is 8.09. The van der Waals surface area contributed by atoms with Crippen LogP contribution in [0.15, 0.2) is 29.0 Å². The molecule has 2 rings (SSSR count). The van der Waals surface area contributed by atoms with Crippen molar-refractivity contribution in [2.45, 2.75) is 13.5 Å². The van der Waals surface area contributed by atoms with E-state index >= 15 is 0 Å². The first kappa shape index (κ1) is 15.4. The molecule has 0 radical (unpaired) electrons. The third-order valence-electron chi connectivity index (χ3n) is 2.64. The number of hydrogen-bond acceptors (Lipinski definition) is 5. The van der Waals surface area contributed by atoms with Crippen molar-refractivity contribution in [3.05, 3.63) is 44.3 Å². The van der Waals surface area contributed by atoms with Gasteiger partial charge in [0.1, 0.15) is 0 Å². The summed E-state index contributed by atoms with van der Waals surface area (Å²) >= 11 is 2.79. The molecule has 0 atom stereocenters. The molecule has 5 nitrogen and oxygen atoms in total. The van der Waals surface area contributed by atoms with Crippen molar-refractivity contribution in [3.63, 3.8) is 0 Å². The Balaban J connectivity index is 1.93. The molecule has 0 saturated carbocycles. The zero-order chi connectivity index (χ0) is 15.2.